The van der Waals surface area contributed by atoms with Gasteiger partial charge in [-0.15, -0.1) is 0 Å². The summed E-state index contributed by atoms with van der Waals surface area (Å²) in [4.78, 5) is 12.8. The van der Waals surface area contributed by atoms with Gasteiger partial charge < -0.3 is 5.32 Å². The molecule has 0 radical (unpaired) electrons. The Morgan fingerprint density at radius 2 is 2.18 bits per heavy atom. The van der Waals surface area contributed by atoms with Crippen molar-refractivity contribution < 1.29 is 0 Å². The molecule has 0 spiro atoms. The third kappa shape index (κ3) is 3.20. The van der Waals surface area contributed by atoms with E-state index >= 15 is 0 Å². The molecule has 0 aromatic carbocycles. The van der Waals surface area contributed by atoms with Gasteiger partial charge in [0.05, 0.1) is 12.2 Å². The van der Waals surface area contributed by atoms with Gasteiger partial charge >= 0.3 is 0 Å². The van der Waals surface area contributed by atoms with E-state index in [0.29, 0.717) is 12.5 Å². The van der Waals surface area contributed by atoms with Gasteiger partial charge in [0.25, 0.3) is 0 Å². The van der Waals surface area contributed by atoms with E-state index in [0.717, 1.165) is 22.5 Å². The molecule has 0 aliphatic rings. The predicted octanol–water partition coefficient (Wildman–Crippen LogP) is 2.37. The molecule has 2 aromatic rings. The Labute approximate surface area is 105 Å². The molecular formula is C11H15N5S. The van der Waals surface area contributed by atoms with Gasteiger partial charge in [0, 0.05) is 23.6 Å². The van der Waals surface area contributed by atoms with E-state index in [-0.39, 0.29) is 0 Å². The summed E-state index contributed by atoms with van der Waals surface area (Å²) in [6.45, 7) is 6.70. The molecule has 0 amide bonds. The maximum absolute atomic E-state index is 4.40. The molecule has 90 valence electrons. The first-order valence-electron chi connectivity index (χ1n) is 5.51. The quantitative estimate of drug-likeness (QED) is 0.901. The van der Waals surface area contributed by atoms with Gasteiger partial charge in [0.15, 0.2) is 0 Å². The van der Waals surface area contributed by atoms with Crippen LogP contribution >= 0.6 is 11.5 Å². The third-order valence-corrected chi connectivity index (χ3v) is 2.90. The van der Waals surface area contributed by atoms with Crippen LogP contribution in [0.3, 0.4) is 0 Å². The smallest absolute Gasteiger partial charge is 0.202 e. The summed E-state index contributed by atoms with van der Waals surface area (Å²) in [6.07, 6.45) is 1.76. The van der Waals surface area contributed by atoms with Crippen molar-refractivity contribution in [3.8, 4) is 0 Å². The number of aryl methyl sites for hydroxylation is 1. The highest BCUT2D eigenvalue weighted by Crippen LogP contribution is 2.17. The largest absolute Gasteiger partial charge is 0.355 e. The van der Waals surface area contributed by atoms with Crippen LogP contribution in [0.2, 0.25) is 0 Å². The Morgan fingerprint density at radius 1 is 1.35 bits per heavy atom. The SMILES string of the molecule is Cc1nccc(CNc2nc(C(C)C)ns2)n1. The first-order chi connectivity index (χ1) is 8.15. The van der Waals surface area contributed by atoms with Crippen LogP contribution in [0.15, 0.2) is 12.3 Å². The minimum atomic E-state index is 0.364. The second-order valence-corrected chi connectivity index (χ2v) is 4.81. The Morgan fingerprint density at radius 3 is 2.82 bits per heavy atom. The van der Waals surface area contributed by atoms with Crippen LogP contribution in [0.25, 0.3) is 0 Å². The lowest BCUT2D eigenvalue weighted by atomic mass is 10.2. The second-order valence-electron chi connectivity index (χ2n) is 4.06. The van der Waals surface area contributed by atoms with Crippen LogP contribution in [0, 0.1) is 6.92 Å². The van der Waals surface area contributed by atoms with Crippen molar-refractivity contribution >= 4 is 16.7 Å². The Kier molecular flexibility index (Phi) is 3.63. The first-order valence-corrected chi connectivity index (χ1v) is 6.28. The summed E-state index contributed by atoms with van der Waals surface area (Å²) in [6, 6.07) is 1.89. The van der Waals surface area contributed by atoms with Gasteiger partial charge in [-0.05, 0) is 13.0 Å². The molecule has 0 unspecified atom stereocenters. The van der Waals surface area contributed by atoms with Gasteiger partial charge in [-0.25, -0.2) is 15.0 Å². The summed E-state index contributed by atoms with van der Waals surface area (Å²) in [5.74, 6) is 2.03. The molecule has 5 nitrogen and oxygen atoms in total. The second kappa shape index (κ2) is 5.18. The summed E-state index contributed by atoms with van der Waals surface area (Å²) in [7, 11) is 0. The summed E-state index contributed by atoms with van der Waals surface area (Å²) < 4.78 is 4.28. The number of nitrogens with one attached hydrogen (secondary N) is 1. The molecule has 0 saturated heterocycles. The summed E-state index contributed by atoms with van der Waals surface area (Å²) >= 11 is 1.39. The summed E-state index contributed by atoms with van der Waals surface area (Å²) in [5, 5.41) is 4.06. The van der Waals surface area contributed by atoms with Crippen molar-refractivity contribution in [1.82, 2.24) is 19.3 Å². The molecule has 0 atom stereocenters. The maximum atomic E-state index is 4.40. The molecule has 2 rings (SSSR count). The highest BCUT2D eigenvalue weighted by Gasteiger charge is 2.07. The molecule has 2 heterocycles. The zero-order valence-corrected chi connectivity index (χ0v) is 11.0. The maximum Gasteiger partial charge on any atom is 0.202 e. The van der Waals surface area contributed by atoms with Gasteiger partial charge in [-0.2, -0.15) is 4.37 Å². The van der Waals surface area contributed by atoms with Gasteiger partial charge in [0.1, 0.15) is 11.6 Å². The molecule has 0 saturated carbocycles. The van der Waals surface area contributed by atoms with E-state index in [2.05, 4.69) is 38.5 Å². The number of hydrogen-bond donors (Lipinski definition) is 1. The van der Waals surface area contributed by atoms with Crippen LogP contribution in [-0.4, -0.2) is 19.3 Å². The van der Waals surface area contributed by atoms with Crippen LogP contribution < -0.4 is 5.32 Å². The lowest BCUT2D eigenvalue weighted by Crippen LogP contribution is -2.03. The molecule has 0 fully saturated rings. The lowest BCUT2D eigenvalue weighted by molar-refractivity contribution is 0.798. The normalized spacial score (nSPS) is 10.8. The zero-order valence-electron chi connectivity index (χ0n) is 10.1. The van der Waals surface area contributed by atoms with Crippen LogP contribution in [0.5, 0.6) is 0 Å². The van der Waals surface area contributed by atoms with Crippen LogP contribution in [-0.2, 0) is 6.54 Å². The fourth-order valence-corrected chi connectivity index (χ4v) is 2.01. The first kappa shape index (κ1) is 11.9. The number of aromatic nitrogens is 4. The van der Waals surface area contributed by atoms with E-state index < -0.39 is 0 Å². The number of anilines is 1. The fourth-order valence-electron chi connectivity index (χ4n) is 1.31. The van der Waals surface area contributed by atoms with Gasteiger partial charge in [-0.3, -0.25) is 0 Å². The van der Waals surface area contributed by atoms with E-state index in [1.165, 1.54) is 11.5 Å². The molecule has 0 bridgehead atoms. The zero-order chi connectivity index (χ0) is 12.3. The highest BCUT2D eigenvalue weighted by atomic mass is 32.1. The van der Waals surface area contributed by atoms with E-state index in [4.69, 9.17) is 0 Å². The predicted molar refractivity (Wildman–Crippen MR) is 68.1 cm³/mol. The van der Waals surface area contributed by atoms with Crippen LogP contribution in [0.1, 0.15) is 37.1 Å². The van der Waals surface area contributed by atoms with Crippen molar-refractivity contribution in [3.63, 3.8) is 0 Å². The average molecular weight is 249 g/mol. The van der Waals surface area contributed by atoms with E-state index in [1.54, 1.807) is 6.20 Å². The molecule has 6 heteroatoms. The highest BCUT2D eigenvalue weighted by molar-refractivity contribution is 7.09. The standard InChI is InChI=1S/C11H15N5S/c1-7(2)10-15-11(17-16-10)13-6-9-4-5-12-8(3)14-9/h4-5,7H,6H2,1-3H3,(H,13,15,16). The molecule has 17 heavy (non-hydrogen) atoms. The number of rotatable bonds is 4. The van der Waals surface area contributed by atoms with Gasteiger partial charge in [-0.1, -0.05) is 13.8 Å². The number of nitrogens with zero attached hydrogens (tertiary/aromatic N) is 4. The number of hydrogen-bond acceptors (Lipinski definition) is 6. The van der Waals surface area contributed by atoms with E-state index in [1.807, 2.05) is 13.0 Å². The molecule has 0 aliphatic carbocycles. The van der Waals surface area contributed by atoms with Crippen molar-refractivity contribution in [1.29, 1.82) is 0 Å². The minimum Gasteiger partial charge on any atom is -0.355 e. The van der Waals surface area contributed by atoms with Crippen molar-refractivity contribution in [2.45, 2.75) is 33.2 Å². The van der Waals surface area contributed by atoms with Crippen molar-refractivity contribution in [3.05, 3.63) is 29.6 Å². The topological polar surface area (TPSA) is 63.6 Å². The molecule has 2 aromatic heterocycles. The van der Waals surface area contributed by atoms with Crippen molar-refractivity contribution in [2.75, 3.05) is 5.32 Å². The lowest BCUT2D eigenvalue weighted by Gasteiger charge is -2.02. The summed E-state index contributed by atoms with van der Waals surface area (Å²) in [5.41, 5.74) is 0.957. The fraction of sp³-hybridized carbons (Fsp3) is 0.455. The average Bonchev–Trinajstić information content (AvgIpc) is 2.75. The molecule has 1 N–H and O–H groups in total. The Bertz CT molecular complexity index is 494. The monoisotopic (exact) mass is 249 g/mol. The Hall–Kier alpha value is -1.56. The van der Waals surface area contributed by atoms with Crippen LogP contribution in [0.4, 0.5) is 5.13 Å². The minimum absolute atomic E-state index is 0.364. The third-order valence-electron chi connectivity index (χ3n) is 2.21. The molecular weight excluding hydrogens is 234 g/mol. The molecule has 0 aliphatic heterocycles. The van der Waals surface area contributed by atoms with E-state index in [9.17, 15) is 0 Å². The van der Waals surface area contributed by atoms with Crippen molar-refractivity contribution in [2.24, 2.45) is 0 Å². The Balaban J connectivity index is 1.97. The van der Waals surface area contributed by atoms with Gasteiger partial charge in [0.2, 0.25) is 5.13 Å².